The molecule has 18 heavy (non-hydrogen) atoms. The summed E-state index contributed by atoms with van der Waals surface area (Å²) < 4.78 is 0. The van der Waals surface area contributed by atoms with Crippen molar-refractivity contribution in [3.63, 3.8) is 0 Å². The zero-order chi connectivity index (χ0) is 13.0. The van der Waals surface area contributed by atoms with Gasteiger partial charge in [-0.3, -0.25) is 4.79 Å². The highest BCUT2D eigenvalue weighted by atomic mass is 16.1. The average molecular weight is 247 g/mol. The Kier molecular flexibility index (Phi) is 4.18. The maximum absolute atomic E-state index is 11.6. The summed E-state index contributed by atoms with van der Waals surface area (Å²) in [5.41, 5.74) is 0.621. The lowest BCUT2D eigenvalue weighted by atomic mass is 10.2. The molecule has 4 heteroatoms. The van der Waals surface area contributed by atoms with Crippen LogP contribution in [-0.2, 0) is 0 Å². The first-order valence-electron chi connectivity index (χ1n) is 6.66. The molecule has 1 aliphatic carbocycles. The Morgan fingerprint density at radius 1 is 1.50 bits per heavy atom. The summed E-state index contributed by atoms with van der Waals surface area (Å²) in [5.74, 6) is 1.81. The highest BCUT2D eigenvalue weighted by Crippen LogP contribution is 2.32. The van der Waals surface area contributed by atoms with Gasteiger partial charge in [0.25, 0.3) is 5.91 Å². The molecule has 1 heterocycles. The molecule has 1 N–H and O–H groups in total. The lowest BCUT2D eigenvalue weighted by molar-refractivity contribution is 0.0955. The van der Waals surface area contributed by atoms with Crippen molar-refractivity contribution in [1.29, 1.82) is 0 Å². The standard InChI is InChI=1S/C14H21N3O/c1-3-15-14(18)12-6-7-13(16-10-12)17(2)9-8-11-4-5-11/h6-7,10-11H,3-5,8-9H2,1-2H3,(H,15,18). The predicted molar refractivity (Wildman–Crippen MR) is 72.9 cm³/mol. The van der Waals surface area contributed by atoms with Gasteiger partial charge in [0.05, 0.1) is 5.56 Å². The van der Waals surface area contributed by atoms with Crippen LogP contribution in [0.1, 0.15) is 36.5 Å². The summed E-state index contributed by atoms with van der Waals surface area (Å²) in [6.45, 7) is 3.59. The fourth-order valence-corrected chi connectivity index (χ4v) is 1.91. The minimum absolute atomic E-state index is 0.0582. The number of rotatable bonds is 6. The van der Waals surface area contributed by atoms with Crippen molar-refractivity contribution in [2.75, 3.05) is 25.0 Å². The van der Waals surface area contributed by atoms with Gasteiger partial charge in [0.2, 0.25) is 0 Å². The second-order valence-electron chi connectivity index (χ2n) is 4.92. The van der Waals surface area contributed by atoms with Crippen LogP contribution in [0.25, 0.3) is 0 Å². The molecule has 0 unspecified atom stereocenters. The first-order chi connectivity index (χ1) is 8.70. The van der Waals surface area contributed by atoms with Crippen molar-refractivity contribution in [3.05, 3.63) is 23.9 Å². The van der Waals surface area contributed by atoms with Crippen molar-refractivity contribution in [3.8, 4) is 0 Å². The van der Waals surface area contributed by atoms with Crippen LogP contribution in [0.3, 0.4) is 0 Å². The summed E-state index contributed by atoms with van der Waals surface area (Å²) in [4.78, 5) is 18.1. The van der Waals surface area contributed by atoms with Gasteiger partial charge in [-0.25, -0.2) is 4.98 Å². The Bertz CT molecular complexity index is 398. The molecule has 1 saturated carbocycles. The van der Waals surface area contributed by atoms with Crippen molar-refractivity contribution >= 4 is 11.7 Å². The molecule has 1 aromatic heterocycles. The van der Waals surface area contributed by atoms with Gasteiger partial charge in [0.15, 0.2) is 0 Å². The minimum atomic E-state index is -0.0582. The van der Waals surface area contributed by atoms with Crippen molar-refractivity contribution in [2.24, 2.45) is 5.92 Å². The van der Waals surface area contributed by atoms with Gasteiger partial charge in [-0.05, 0) is 31.4 Å². The molecule has 2 rings (SSSR count). The minimum Gasteiger partial charge on any atom is -0.360 e. The number of aromatic nitrogens is 1. The second kappa shape index (κ2) is 5.85. The van der Waals surface area contributed by atoms with Crippen molar-refractivity contribution in [2.45, 2.75) is 26.2 Å². The van der Waals surface area contributed by atoms with E-state index in [9.17, 15) is 4.79 Å². The van der Waals surface area contributed by atoms with Crippen LogP contribution in [0.15, 0.2) is 18.3 Å². The van der Waals surface area contributed by atoms with E-state index < -0.39 is 0 Å². The number of anilines is 1. The van der Waals surface area contributed by atoms with E-state index >= 15 is 0 Å². The molecule has 0 radical (unpaired) electrons. The molecule has 1 amide bonds. The number of hydrogen-bond donors (Lipinski definition) is 1. The zero-order valence-electron chi connectivity index (χ0n) is 11.1. The van der Waals surface area contributed by atoms with Crippen LogP contribution >= 0.6 is 0 Å². The van der Waals surface area contributed by atoms with E-state index in [2.05, 4.69) is 22.2 Å². The van der Waals surface area contributed by atoms with E-state index in [0.29, 0.717) is 12.1 Å². The van der Waals surface area contributed by atoms with Crippen LogP contribution in [-0.4, -0.2) is 31.0 Å². The molecule has 0 bridgehead atoms. The number of nitrogens with zero attached hydrogens (tertiary/aromatic N) is 2. The molecule has 0 aromatic carbocycles. The van der Waals surface area contributed by atoms with Gasteiger partial charge in [0.1, 0.15) is 5.82 Å². The SMILES string of the molecule is CCNC(=O)c1ccc(N(C)CCC2CC2)nc1. The summed E-state index contributed by atoms with van der Waals surface area (Å²) in [6.07, 6.45) is 5.67. The van der Waals surface area contributed by atoms with Gasteiger partial charge in [-0.1, -0.05) is 12.8 Å². The maximum Gasteiger partial charge on any atom is 0.252 e. The monoisotopic (exact) mass is 247 g/mol. The number of amides is 1. The zero-order valence-corrected chi connectivity index (χ0v) is 11.1. The Labute approximate surface area is 108 Å². The molecule has 0 spiro atoms. The normalized spacial score (nSPS) is 14.3. The Hall–Kier alpha value is -1.58. The molecule has 98 valence electrons. The maximum atomic E-state index is 11.6. The van der Waals surface area contributed by atoms with Crippen LogP contribution in [0.5, 0.6) is 0 Å². The van der Waals surface area contributed by atoms with E-state index in [4.69, 9.17) is 0 Å². The summed E-state index contributed by atoms with van der Waals surface area (Å²) in [5, 5.41) is 2.77. The van der Waals surface area contributed by atoms with Crippen molar-refractivity contribution in [1.82, 2.24) is 10.3 Å². The largest absolute Gasteiger partial charge is 0.360 e. The third-order valence-electron chi connectivity index (χ3n) is 3.31. The highest BCUT2D eigenvalue weighted by molar-refractivity contribution is 5.93. The van der Waals surface area contributed by atoms with Gasteiger partial charge < -0.3 is 10.2 Å². The molecule has 1 aromatic rings. The average Bonchev–Trinajstić information content (AvgIpc) is 3.20. The summed E-state index contributed by atoms with van der Waals surface area (Å²) in [6, 6.07) is 3.75. The number of carbonyl (C=O) groups excluding carboxylic acids is 1. The highest BCUT2D eigenvalue weighted by Gasteiger charge is 2.21. The van der Waals surface area contributed by atoms with E-state index in [1.807, 2.05) is 19.1 Å². The number of carbonyl (C=O) groups is 1. The van der Waals surface area contributed by atoms with Crippen LogP contribution < -0.4 is 10.2 Å². The topological polar surface area (TPSA) is 45.2 Å². The quantitative estimate of drug-likeness (QED) is 0.837. The second-order valence-corrected chi connectivity index (χ2v) is 4.92. The molecule has 1 aliphatic rings. The molecule has 4 nitrogen and oxygen atoms in total. The van der Waals surface area contributed by atoms with Crippen LogP contribution in [0, 0.1) is 5.92 Å². The fraction of sp³-hybridized carbons (Fsp3) is 0.571. The molecule has 1 fully saturated rings. The van der Waals surface area contributed by atoms with Gasteiger partial charge in [0, 0.05) is 26.3 Å². The first-order valence-corrected chi connectivity index (χ1v) is 6.66. The number of nitrogens with one attached hydrogen (secondary N) is 1. The van der Waals surface area contributed by atoms with Crippen LogP contribution in [0.4, 0.5) is 5.82 Å². The smallest absolute Gasteiger partial charge is 0.252 e. The van der Waals surface area contributed by atoms with E-state index in [1.54, 1.807) is 6.20 Å². The van der Waals surface area contributed by atoms with E-state index in [-0.39, 0.29) is 5.91 Å². The molecule has 0 aliphatic heterocycles. The third-order valence-corrected chi connectivity index (χ3v) is 3.31. The summed E-state index contributed by atoms with van der Waals surface area (Å²) in [7, 11) is 2.05. The van der Waals surface area contributed by atoms with E-state index in [1.165, 1.54) is 19.3 Å². The predicted octanol–water partition coefficient (Wildman–Crippen LogP) is 2.07. The molecular weight excluding hydrogens is 226 g/mol. The Balaban J connectivity index is 1.90. The van der Waals surface area contributed by atoms with Gasteiger partial charge >= 0.3 is 0 Å². The molecule has 0 saturated heterocycles. The van der Waals surface area contributed by atoms with Gasteiger partial charge in [-0.15, -0.1) is 0 Å². The third kappa shape index (κ3) is 3.45. The number of hydrogen-bond acceptors (Lipinski definition) is 3. The van der Waals surface area contributed by atoms with Crippen LogP contribution in [0.2, 0.25) is 0 Å². The Morgan fingerprint density at radius 3 is 2.83 bits per heavy atom. The summed E-state index contributed by atoms with van der Waals surface area (Å²) >= 11 is 0. The Morgan fingerprint density at radius 2 is 2.28 bits per heavy atom. The molecule has 0 atom stereocenters. The van der Waals surface area contributed by atoms with Gasteiger partial charge in [-0.2, -0.15) is 0 Å². The van der Waals surface area contributed by atoms with Crippen molar-refractivity contribution < 1.29 is 4.79 Å². The lowest BCUT2D eigenvalue weighted by Crippen LogP contribution is -2.23. The first kappa shape index (κ1) is 12.9. The fourth-order valence-electron chi connectivity index (χ4n) is 1.91. The number of pyridine rings is 1. The van der Waals surface area contributed by atoms with E-state index in [0.717, 1.165) is 18.3 Å². The lowest BCUT2D eigenvalue weighted by Gasteiger charge is -2.18. The molecular formula is C14H21N3O.